The summed E-state index contributed by atoms with van der Waals surface area (Å²) in [6, 6.07) is 5.50. The van der Waals surface area contributed by atoms with Gasteiger partial charge in [0.2, 0.25) is 17.7 Å². The molecule has 5 rings (SSSR count). The van der Waals surface area contributed by atoms with E-state index >= 15 is 0 Å². The van der Waals surface area contributed by atoms with Crippen LogP contribution in [-0.4, -0.2) is 34.2 Å². The van der Waals surface area contributed by atoms with E-state index < -0.39 is 0 Å². The number of imide groups is 1. The minimum atomic E-state index is -0.354. The molecule has 0 radical (unpaired) electrons. The largest absolute Gasteiger partial charge is 0.324 e. The van der Waals surface area contributed by atoms with Gasteiger partial charge in [-0.05, 0) is 43.4 Å². The number of nitrogens with zero attached hydrogens (tertiary/aromatic N) is 2. The molecule has 1 saturated carbocycles. The maximum Gasteiger partial charge on any atom is 0.244 e. The van der Waals surface area contributed by atoms with Crippen LogP contribution in [0.4, 0.5) is 5.69 Å². The third-order valence-electron chi connectivity index (χ3n) is 5.64. The van der Waals surface area contributed by atoms with E-state index in [0.717, 1.165) is 26.5 Å². The molecule has 1 aliphatic heterocycles. The molecule has 3 amide bonds. The molecule has 132 valence electrons. The van der Waals surface area contributed by atoms with Gasteiger partial charge in [-0.1, -0.05) is 12.2 Å². The SMILES string of the molecule is Cc1nc2ccc(NC(=O)CN3C(=O)C4C5C=CC(C5)C4C3=O)cc2s1. The Bertz CT molecular complexity index is 965. The summed E-state index contributed by atoms with van der Waals surface area (Å²) in [5.74, 6) is -0.949. The second kappa shape index (κ2) is 5.48. The van der Waals surface area contributed by atoms with E-state index in [1.54, 1.807) is 17.4 Å². The average Bonchev–Trinajstić information content (AvgIpc) is 3.34. The molecule has 4 atom stereocenters. The lowest BCUT2D eigenvalue weighted by Gasteiger charge is -2.16. The van der Waals surface area contributed by atoms with Crippen LogP contribution in [0.2, 0.25) is 0 Å². The fourth-order valence-electron chi connectivity index (χ4n) is 4.58. The summed E-state index contributed by atoms with van der Waals surface area (Å²) in [6.07, 6.45) is 4.99. The van der Waals surface area contributed by atoms with Crippen LogP contribution in [0.1, 0.15) is 11.4 Å². The van der Waals surface area contributed by atoms with Crippen LogP contribution in [0.25, 0.3) is 10.2 Å². The van der Waals surface area contributed by atoms with Gasteiger partial charge in [-0.3, -0.25) is 19.3 Å². The molecule has 3 aliphatic rings. The summed E-state index contributed by atoms with van der Waals surface area (Å²) >= 11 is 1.56. The summed E-state index contributed by atoms with van der Waals surface area (Å²) in [7, 11) is 0. The van der Waals surface area contributed by atoms with Gasteiger partial charge in [0.05, 0.1) is 27.1 Å². The van der Waals surface area contributed by atoms with Crippen LogP contribution in [0.5, 0.6) is 0 Å². The third kappa shape index (κ3) is 2.23. The highest BCUT2D eigenvalue weighted by Crippen LogP contribution is 2.52. The second-order valence-electron chi connectivity index (χ2n) is 7.23. The van der Waals surface area contributed by atoms with Crippen molar-refractivity contribution in [2.75, 3.05) is 11.9 Å². The van der Waals surface area contributed by atoms with Crippen molar-refractivity contribution in [2.24, 2.45) is 23.7 Å². The first-order chi connectivity index (χ1) is 12.5. The molecule has 1 N–H and O–H groups in total. The number of amides is 3. The van der Waals surface area contributed by atoms with Crippen molar-refractivity contribution >= 4 is 45.0 Å². The standard InChI is InChI=1S/C19H17N3O3S/c1-9-20-13-5-4-12(7-14(13)26-9)21-15(23)8-22-18(24)16-10-2-3-11(6-10)17(16)19(22)25/h2-5,7,10-11,16-17H,6,8H2,1H3,(H,21,23). The zero-order valence-electron chi connectivity index (χ0n) is 14.1. The van der Waals surface area contributed by atoms with E-state index in [2.05, 4.69) is 10.3 Å². The summed E-state index contributed by atoms with van der Waals surface area (Å²) in [6.45, 7) is 1.72. The van der Waals surface area contributed by atoms with Crippen molar-refractivity contribution in [3.8, 4) is 0 Å². The first kappa shape index (κ1) is 15.7. The first-order valence-corrected chi connectivity index (χ1v) is 9.53. The highest BCUT2D eigenvalue weighted by Gasteiger charge is 2.59. The molecule has 2 fully saturated rings. The number of allylic oxidation sites excluding steroid dienone is 2. The normalized spacial score (nSPS) is 29.0. The van der Waals surface area contributed by atoms with E-state index in [1.165, 1.54) is 0 Å². The lowest BCUT2D eigenvalue weighted by atomic mass is 9.85. The number of nitrogens with one attached hydrogen (secondary N) is 1. The number of anilines is 1. The Kier molecular flexibility index (Phi) is 3.31. The van der Waals surface area contributed by atoms with Crippen LogP contribution in [-0.2, 0) is 14.4 Å². The fourth-order valence-corrected chi connectivity index (χ4v) is 5.45. The van der Waals surface area contributed by atoms with Crippen LogP contribution in [0.3, 0.4) is 0 Å². The molecule has 4 unspecified atom stereocenters. The molecule has 2 bridgehead atoms. The molecule has 7 heteroatoms. The molecule has 1 saturated heterocycles. The zero-order valence-corrected chi connectivity index (χ0v) is 15.0. The maximum absolute atomic E-state index is 12.6. The van der Waals surface area contributed by atoms with Gasteiger partial charge in [0.1, 0.15) is 6.54 Å². The van der Waals surface area contributed by atoms with E-state index in [4.69, 9.17) is 0 Å². The molecule has 0 spiro atoms. The Balaban J connectivity index is 1.31. The number of hydrogen-bond donors (Lipinski definition) is 1. The summed E-state index contributed by atoms with van der Waals surface area (Å²) in [5.41, 5.74) is 1.54. The van der Waals surface area contributed by atoms with Gasteiger partial charge < -0.3 is 5.32 Å². The number of aryl methyl sites for hydroxylation is 1. The van der Waals surface area contributed by atoms with Crippen LogP contribution < -0.4 is 5.32 Å². The Morgan fingerprint density at radius 1 is 1.23 bits per heavy atom. The molecule has 26 heavy (non-hydrogen) atoms. The topological polar surface area (TPSA) is 79.4 Å². The molecule has 1 aromatic carbocycles. The second-order valence-corrected chi connectivity index (χ2v) is 8.46. The van der Waals surface area contributed by atoms with Gasteiger partial charge in [0.25, 0.3) is 0 Å². The summed E-state index contributed by atoms with van der Waals surface area (Å²) < 4.78 is 0.991. The quantitative estimate of drug-likeness (QED) is 0.667. The van der Waals surface area contributed by atoms with E-state index in [0.29, 0.717) is 5.69 Å². The number of aromatic nitrogens is 1. The fraction of sp³-hybridized carbons (Fsp3) is 0.368. The van der Waals surface area contributed by atoms with Crippen LogP contribution >= 0.6 is 11.3 Å². The molecule has 2 aliphatic carbocycles. The predicted octanol–water partition coefficient (Wildman–Crippen LogP) is 2.35. The van der Waals surface area contributed by atoms with Crippen molar-refractivity contribution in [3.63, 3.8) is 0 Å². The van der Waals surface area contributed by atoms with Gasteiger partial charge in [-0.15, -0.1) is 11.3 Å². The number of hydrogen-bond acceptors (Lipinski definition) is 5. The summed E-state index contributed by atoms with van der Waals surface area (Å²) in [5, 5.41) is 3.76. The van der Waals surface area contributed by atoms with Crippen molar-refractivity contribution in [2.45, 2.75) is 13.3 Å². The van der Waals surface area contributed by atoms with E-state index in [1.807, 2.05) is 31.2 Å². The number of benzene rings is 1. The molecule has 6 nitrogen and oxygen atoms in total. The molecular formula is C19H17N3O3S. The van der Waals surface area contributed by atoms with E-state index in [9.17, 15) is 14.4 Å². The number of thiazole rings is 1. The predicted molar refractivity (Wildman–Crippen MR) is 97.4 cm³/mol. The molecule has 2 heterocycles. The minimum Gasteiger partial charge on any atom is -0.324 e. The van der Waals surface area contributed by atoms with Crippen LogP contribution in [0.15, 0.2) is 30.4 Å². The highest BCUT2D eigenvalue weighted by molar-refractivity contribution is 7.18. The minimum absolute atomic E-state index is 0.159. The van der Waals surface area contributed by atoms with Crippen molar-refractivity contribution < 1.29 is 14.4 Å². The lowest BCUT2D eigenvalue weighted by molar-refractivity contribution is -0.143. The number of carbonyl (C=O) groups excluding carboxylic acids is 3. The monoisotopic (exact) mass is 367 g/mol. The number of rotatable bonds is 3. The lowest BCUT2D eigenvalue weighted by Crippen LogP contribution is -2.39. The molecule has 2 aromatic rings. The van der Waals surface area contributed by atoms with Crippen molar-refractivity contribution in [3.05, 3.63) is 35.4 Å². The van der Waals surface area contributed by atoms with Crippen LogP contribution in [0, 0.1) is 30.6 Å². The third-order valence-corrected chi connectivity index (χ3v) is 6.58. The Morgan fingerprint density at radius 2 is 1.92 bits per heavy atom. The van der Waals surface area contributed by atoms with Gasteiger partial charge in [-0.2, -0.15) is 0 Å². The number of likely N-dealkylation sites (tertiary alicyclic amines) is 1. The molecule has 1 aromatic heterocycles. The maximum atomic E-state index is 12.6. The average molecular weight is 367 g/mol. The Hall–Kier alpha value is -2.54. The zero-order chi connectivity index (χ0) is 18.0. The first-order valence-electron chi connectivity index (χ1n) is 8.72. The smallest absolute Gasteiger partial charge is 0.244 e. The van der Waals surface area contributed by atoms with Gasteiger partial charge in [0, 0.05) is 5.69 Å². The van der Waals surface area contributed by atoms with Gasteiger partial charge in [0.15, 0.2) is 0 Å². The molecular weight excluding hydrogens is 350 g/mol. The Morgan fingerprint density at radius 3 is 2.62 bits per heavy atom. The van der Waals surface area contributed by atoms with E-state index in [-0.39, 0.29) is 47.9 Å². The van der Waals surface area contributed by atoms with Crippen molar-refractivity contribution in [1.29, 1.82) is 0 Å². The summed E-state index contributed by atoms with van der Waals surface area (Å²) in [4.78, 5) is 43.2. The highest BCUT2D eigenvalue weighted by atomic mass is 32.1. The van der Waals surface area contributed by atoms with Crippen molar-refractivity contribution in [1.82, 2.24) is 9.88 Å². The number of carbonyl (C=O) groups is 3. The van der Waals surface area contributed by atoms with Gasteiger partial charge in [-0.25, -0.2) is 4.98 Å². The van der Waals surface area contributed by atoms with Gasteiger partial charge >= 0.3 is 0 Å². The Labute approximate surface area is 153 Å². The number of fused-ring (bicyclic) bond motifs is 6.